The van der Waals surface area contributed by atoms with Gasteiger partial charge in [-0.25, -0.2) is 0 Å². The molecule has 0 N–H and O–H groups in total. The van der Waals surface area contributed by atoms with Crippen molar-refractivity contribution in [3.05, 3.63) is 40.4 Å². The number of allylic oxidation sites excluding steroid dienone is 1. The van der Waals surface area contributed by atoms with E-state index in [9.17, 15) is 0 Å². The van der Waals surface area contributed by atoms with Crippen LogP contribution in [0.25, 0.3) is 6.08 Å². The second-order valence-electron chi connectivity index (χ2n) is 2.53. The lowest BCUT2D eigenvalue weighted by atomic mass is 10.1. The standard InChI is InChI=1S/C10H10BrCl/c1-2-3-8-4-9(7-11)6-10(12)5-8/h2-6H,7H2,1H3/b3-2+. The summed E-state index contributed by atoms with van der Waals surface area (Å²) in [5, 5.41) is 1.64. The minimum absolute atomic E-state index is 0.792. The Labute approximate surface area is 86.4 Å². The number of hydrogen-bond donors (Lipinski definition) is 0. The highest BCUT2D eigenvalue weighted by molar-refractivity contribution is 9.08. The fourth-order valence-corrected chi connectivity index (χ4v) is 1.63. The molecule has 0 aliphatic carbocycles. The van der Waals surface area contributed by atoms with Crippen molar-refractivity contribution >= 4 is 33.6 Å². The molecule has 0 nitrogen and oxygen atoms in total. The summed E-state index contributed by atoms with van der Waals surface area (Å²) in [7, 11) is 0. The Bertz CT molecular complexity index is 292. The third-order valence-corrected chi connectivity index (χ3v) is 2.36. The highest BCUT2D eigenvalue weighted by Crippen LogP contribution is 2.18. The van der Waals surface area contributed by atoms with E-state index < -0.39 is 0 Å². The number of hydrogen-bond acceptors (Lipinski definition) is 0. The molecular formula is C10H10BrCl. The minimum atomic E-state index is 0.792. The van der Waals surface area contributed by atoms with Crippen LogP contribution in [0.15, 0.2) is 24.3 Å². The molecule has 0 saturated heterocycles. The van der Waals surface area contributed by atoms with E-state index in [1.807, 2.05) is 31.2 Å². The van der Waals surface area contributed by atoms with Crippen LogP contribution in [-0.2, 0) is 5.33 Å². The van der Waals surface area contributed by atoms with Crippen LogP contribution in [0.5, 0.6) is 0 Å². The quantitative estimate of drug-likeness (QED) is 0.683. The van der Waals surface area contributed by atoms with Gasteiger partial charge in [-0.1, -0.05) is 45.7 Å². The molecule has 1 aromatic rings. The third kappa shape index (κ3) is 2.65. The normalized spacial score (nSPS) is 10.9. The van der Waals surface area contributed by atoms with Crippen molar-refractivity contribution in [2.75, 3.05) is 0 Å². The lowest BCUT2D eigenvalue weighted by Crippen LogP contribution is -1.79. The van der Waals surface area contributed by atoms with Gasteiger partial charge in [0.05, 0.1) is 0 Å². The van der Waals surface area contributed by atoms with Gasteiger partial charge in [0.25, 0.3) is 0 Å². The van der Waals surface area contributed by atoms with Gasteiger partial charge in [-0.2, -0.15) is 0 Å². The van der Waals surface area contributed by atoms with E-state index in [-0.39, 0.29) is 0 Å². The van der Waals surface area contributed by atoms with E-state index in [4.69, 9.17) is 11.6 Å². The summed E-state index contributed by atoms with van der Waals surface area (Å²) < 4.78 is 0. The molecule has 0 aliphatic rings. The summed E-state index contributed by atoms with van der Waals surface area (Å²) in [6.07, 6.45) is 4.04. The van der Waals surface area contributed by atoms with Crippen LogP contribution < -0.4 is 0 Å². The van der Waals surface area contributed by atoms with Crippen LogP contribution in [0.2, 0.25) is 5.02 Å². The molecular weight excluding hydrogens is 235 g/mol. The Morgan fingerprint density at radius 3 is 2.75 bits per heavy atom. The molecule has 0 spiro atoms. The van der Waals surface area contributed by atoms with Gasteiger partial charge in [-0.05, 0) is 30.2 Å². The Morgan fingerprint density at radius 1 is 1.42 bits per heavy atom. The smallest absolute Gasteiger partial charge is 0.0414 e. The Hall–Kier alpha value is -0.270. The van der Waals surface area contributed by atoms with Gasteiger partial charge in [0.1, 0.15) is 0 Å². The largest absolute Gasteiger partial charge is 0.0876 e. The maximum Gasteiger partial charge on any atom is 0.0414 e. The molecule has 64 valence electrons. The van der Waals surface area contributed by atoms with E-state index >= 15 is 0 Å². The molecule has 0 radical (unpaired) electrons. The predicted molar refractivity (Wildman–Crippen MR) is 58.8 cm³/mol. The maximum absolute atomic E-state index is 5.91. The number of alkyl halides is 1. The summed E-state index contributed by atoms with van der Waals surface area (Å²) in [6, 6.07) is 6.03. The molecule has 12 heavy (non-hydrogen) atoms. The Morgan fingerprint density at radius 2 is 2.17 bits per heavy atom. The Kier molecular flexibility index (Phi) is 3.83. The van der Waals surface area contributed by atoms with Crippen molar-refractivity contribution in [3.63, 3.8) is 0 Å². The minimum Gasteiger partial charge on any atom is -0.0876 e. The zero-order chi connectivity index (χ0) is 8.97. The molecule has 0 amide bonds. The van der Waals surface area contributed by atoms with Crippen LogP contribution in [-0.4, -0.2) is 0 Å². The van der Waals surface area contributed by atoms with Crippen LogP contribution >= 0.6 is 27.5 Å². The van der Waals surface area contributed by atoms with Crippen molar-refractivity contribution in [2.45, 2.75) is 12.3 Å². The van der Waals surface area contributed by atoms with Gasteiger partial charge in [0.15, 0.2) is 0 Å². The zero-order valence-electron chi connectivity index (χ0n) is 6.85. The molecule has 0 atom stereocenters. The average molecular weight is 246 g/mol. The topological polar surface area (TPSA) is 0 Å². The lowest BCUT2D eigenvalue weighted by Gasteiger charge is -1.99. The van der Waals surface area contributed by atoms with Crippen molar-refractivity contribution < 1.29 is 0 Å². The van der Waals surface area contributed by atoms with E-state index in [0.717, 1.165) is 15.9 Å². The Balaban J connectivity index is 3.06. The fraction of sp³-hybridized carbons (Fsp3) is 0.200. The van der Waals surface area contributed by atoms with Gasteiger partial charge in [0, 0.05) is 10.4 Å². The summed E-state index contributed by atoms with van der Waals surface area (Å²) in [6.45, 7) is 1.99. The van der Waals surface area contributed by atoms with E-state index in [1.54, 1.807) is 0 Å². The average Bonchev–Trinajstić information content (AvgIpc) is 2.04. The SMILES string of the molecule is C/C=C/c1cc(Cl)cc(CBr)c1. The van der Waals surface area contributed by atoms with Gasteiger partial charge < -0.3 is 0 Å². The van der Waals surface area contributed by atoms with E-state index in [2.05, 4.69) is 22.0 Å². The second kappa shape index (κ2) is 4.68. The van der Waals surface area contributed by atoms with Crippen molar-refractivity contribution in [1.29, 1.82) is 0 Å². The second-order valence-corrected chi connectivity index (χ2v) is 3.52. The monoisotopic (exact) mass is 244 g/mol. The number of halogens is 2. The summed E-state index contributed by atoms with van der Waals surface area (Å²) in [4.78, 5) is 0. The molecule has 1 aromatic carbocycles. The molecule has 0 aliphatic heterocycles. The van der Waals surface area contributed by atoms with E-state index in [0.29, 0.717) is 0 Å². The summed E-state index contributed by atoms with van der Waals surface area (Å²) in [5.41, 5.74) is 2.36. The number of rotatable bonds is 2. The fourth-order valence-electron chi connectivity index (χ4n) is 1.04. The highest BCUT2D eigenvalue weighted by atomic mass is 79.9. The van der Waals surface area contributed by atoms with Crippen molar-refractivity contribution in [3.8, 4) is 0 Å². The van der Waals surface area contributed by atoms with Crippen LogP contribution in [0, 0.1) is 0 Å². The zero-order valence-corrected chi connectivity index (χ0v) is 9.19. The summed E-state index contributed by atoms with van der Waals surface area (Å²) in [5.74, 6) is 0. The molecule has 0 aromatic heterocycles. The van der Waals surface area contributed by atoms with Gasteiger partial charge in [-0.15, -0.1) is 0 Å². The third-order valence-electron chi connectivity index (χ3n) is 1.49. The van der Waals surface area contributed by atoms with Gasteiger partial charge in [-0.3, -0.25) is 0 Å². The molecule has 0 heterocycles. The molecule has 0 unspecified atom stereocenters. The van der Waals surface area contributed by atoms with Gasteiger partial charge in [0.2, 0.25) is 0 Å². The summed E-state index contributed by atoms with van der Waals surface area (Å²) >= 11 is 9.30. The van der Waals surface area contributed by atoms with Crippen LogP contribution in [0.4, 0.5) is 0 Å². The first-order valence-corrected chi connectivity index (χ1v) is 5.24. The molecule has 0 fully saturated rings. The molecule has 1 rings (SSSR count). The lowest BCUT2D eigenvalue weighted by molar-refractivity contribution is 1.42. The van der Waals surface area contributed by atoms with Gasteiger partial charge >= 0.3 is 0 Å². The predicted octanol–water partition coefficient (Wildman–Crippen LogP) is 4.27. The van der Waals surface area contributed by atoms with Crippen molar-refractivity contribution in [2.24, 2.45) is 0 Å². The first kappa shape index (κ1) is 9.82. The number of benzene rings is 1. The van der Waals surface area contributed by atoms with Crippen LogP contribution in [0.1, 0.15) is 18.1 Å². The molecule has 0 bridgehead atoms. The highest BCUT2D eigenvalue weighted by Gasteiger charge is 1.95. The van der Waals surface area contributed by atoms with Crippen molar-refractivity contribution in [1.82, 2.24) is 0 Å². The molecule has 2 heteroatoms. The first-order chi connectivity index (χ1) is 5.76. The first-order valence-electron chi connectivity index (χ1n) is 3.74. The maximum atomic E-state index is 5.91. The molecule has 0 saturated carbocycles. The van der Waals surface area contributed by atoms with Crippen LogP contribution in [0.3, 0.4) is 0 Å². The van der Waals surface area contributed by atoms with E-state index in [1.165, 1.54) is 5.56 Å².